The Kier molecular flexibility index (Phi) is 2.89. The fourth-order valence-electron chi connectivity index (χ4n) is 2.87. The molecular formula is C13H19N5. The van der Waals surface area contributed by atoms with E-state index in [0.29, 0.717) is 6.04 Å². The van der Waals surface area contributed by atoms with Gasteiger partial charge in [0.1, 0.15) is 12.1 Å². The molecule has 5 nitrogen and oxygen atoms in total. The van der Waals surface area contributed by atoms with Gasteiger partial charge in [0.15, 0.2) is 5.65 Å². The number of hydrogen-bond donors (Lipinski definition) is 1. The molecule has 1 fully saturated rings. The van der Waals surface area contributed by atoms with Crippen molar-refractivity contribution in [2.24, 2.45) is 13.0 Å². The first kappa shape index (κ1) is 11.4. The Morgan fingerprint density at radius 2 is 2.11 bits per heavy atom. The number of nitrogens with one attached hydrogen (secondary N) is 1. The van der Waals surface area contributed by atoms with Gasteiger partial charge in [0.2, 0.25) is 0 Å². The van der Waals surface area contributed by atoms with E-state index in [1.165, 1.54) is 25.7 Å². The first-order valence-corrected chi connectivity index (χ1v) is 6.65. The average Bonchev–Trinajstić information content (AvgIpc) is 3.00. The Bertz CT molecular complexity index is 541. The molecule has 2 heterocycles. The van der Waals surface area contributed by atoms with Gasteiger partial charge >= 0.3 is 0 Å². The third-order valence-corrected chi connectivity index (χ3v) is 4.00. The normalized spacial score (nSPS) is 18.3. The Balaban J connectivity index is 1.85. The topological polar surface area (TPSA) is 55.6 Å². The number of anilines is 1. The van der Waals surface area contributed by atoms with Gasteiger partial charge in [0.05, 0.1) is 11.6 Å². The maximum atomic E-state index is 4.36. The van der Waals surface area contributed by atoms with E-state index in [1.807, 2.05) is 13.2 Å². The van der Waals surface area contributed by atoms with Crippen LogP contribution in [0.5, 0.6) is 0 Å². The van der Waals surface area contributed by atoms with E-state index in [1.54, 1.807) is 11.0 Å². The standard InChI is InChI=1S/C13H19N5/c1-9(10-5-3-4-6-10)17-12-11-7-16-18(2)13(11)15-8-14-12/h7-10H,3-6H2,1-2H3,(H,14,15,17). The van der Waals surface area contributed by atoms with E-state index in [-0.39, 0.29) is 0 Å². The first-order valence-electron chi connectivity index (χ1n) is 6.65. The van der Waals surface area contributed by atoms with Gasteiger partial charge in [-0.15, -0.1) is 0 Å². The van der Waals surface area contributed by atoms with Crippen LogP contribution in [0, 0.1) is 5.92 Å². The molecule has 0 amide bonds. The molecule has 1 aliphatic carbocycles. The Labute approximate surface area is 107 Å². The third-order valence-electron chi connectivity index (χ3n) is 4.00. The zero-order chi connectivity index (χ0) is 12.5. The molecule has 0 spiro atoms. The van der Waals surface area contributed by atoms with Crippen LogP contribution in [0.4, 0.5) is 5.82 Å². The van der Waals surface area contributed by atoms with Crippen molar-refractivity contribution in [1.82, 2.24) is 19.7 Å². The van der Waals surface area contributed by atoms with Crippen molar-refractivity contribution in [3.05, 3.63) is 12.5 Å². The molecule has 96 valence electrons. The van der Waals surface area contributed by atoms with Crippen molar-refractivity contribution >= 4 is 16.9 Å². The Morgan fingerprint density at radius 1 is 1.33 bits per heavy atom. The second-order valence-electron chi connectivity index (χ2n) is 5.21. The lowest BCUT2D eigenvalue weighted by Gasteiger charge is -2.21. The largest absolute Gasteiger partial charge is 0.367 e. The summed E-state index contributed by atoms with van der Waals surface area (Å²) in [5.74, 6) is 1.68. The van der Waals surface area contributed by atoms with Crippen LogP contribution in [0.1, 0.15) is 32.6 Å². The van der Waals surface area contributed by atoms with Crippen molar-refractivity contribution in [3.63, 3.8) is 0 Å². The zero-order valence-electron chi connectivity index (χ0n) is 10.9. The van der Waals surface area contributed by atoms with Crippen molar-refractivity contribution in [2.45, 2.75) is 38.6 Å². The maximum absolute atomic E-state index is 4.36. The molecule has 18 heavy (non-hydrogen) atoms. The van der Waals surface area contributed by atoms with E-state index < -0.39 is 0 Å². The van der Waals surface area contributed by atoms with Crippen molar-refractivity contribution < 1.29 is 0 Å². The summed E-state index contributed by atoms with van der Waals surface area (Å²) in [6.45, 7) is 2.25. The minimum Gasteiger partial charge on any atom is -0.367 e. The van der Waals surface area contributed by atoms with Crippen LogP contribution in [0.25, 0.3) is 11.0 Å². The molecule has 0 saturated heterocycles. The summed E-state index contributed by atoms with van der Waals surface area (Å²) >= 11 is 0. The second kappa shape index (κ2) is 4.55. The molecule has 0 radical (unpaired) electrons. The molecule has 0 aromatic carbocycles. The lowest BCUT2D eigenvalue weighted by molar-refractivity contribution is 0.481. The monoisotopic (exact) mass is 245 g/mol. The predicted molar refractivity (Wildman–Crippen MR) is 71.3 cm³/mol. The summed E-state index contributed by atoms with van der Waals surface area (Å²) < 4.78 is 1.78. The number of aromatic nitrogens is 4. The SMILES string of the molecule is CC(Nc1ncnc2c1cnn2C)C1CCCC1. The van der Waals surface area contributed by atoms with Crippen molar-refractivity contribution in [3.8, 4) is 0 Å². The number of fused-ring (bicyclic) bond motifs is 1. The quantitative estimate of drug-likeness (QED) is 0.902. The Hall–Kier alpha value is -1.65. The van der Waals surface area contributed by atoms with Crippen LogP contribution in [0.3, 0.4) is 0 Å². The second-order valence-corrected chi connectivity index (χ2v) is 5.21. The van der Waals surface area contributed by atoms with E-state index in [0.717, 1.165) is 22.8 Å². The van der Waals surface area contributed by atoms with Crippen LogP contribution in [-0.4, -0.2) is 25.8 Å². The average molecular weight is 245 g/mol. The molecule has 5 heteroatoms. The molecule has 0 aliphatic heterocycles. The van der Waals surface area contributed by atoms with Crippen molar-refractivity contribution in [1.29, 1.82) is 0 Å². The molecule has 1 unspecified atom stereocenters. The molecule has 3 rings (SSSR count). The lowest BCUT2D eigenvalue weighted by Crippen LogP contribution is -2.24. The van der Waals surface area contributed by atoms with Gasteiger partial charge in [-0.05, 0) is 25.7 Å². The molecule has 2 aromatic rings. The minimum atomic E-state index is 0.464. The highest BCUT2D eigenvalue weighted by molar-refractivity contribution is 5.86. The van der Waals surface area contributed by atoms with E-state index in [2.05, 4.69) is 27.3 Å². The van der Waals surface area contributed by atoms with Gasteiger partial charge in [0, 0.05) is 13.1 Å². The van der Waals surface area contributed by atoms with Gasteiger partial charge in [0.25, 0.3) is 0 Å². The van der Waals surface area contributed by atoms with Gasteiger partial charge in [-0.2, -0.15) is 5.10 Å². The summed E-state index contributed by atoms with van der Waals surface area (Å²) in [5.41, 5.74) is 0.881. The molecule has 1 aliphatic rings. The minimum absolute atomic E-state index is 0.464. The summed E-state index contributed by atoms with van der Waals surface area (Å²) in [6, 6.07) is 0.464. The maximum Gasteiger partial charge on any atom is 0.163 e. The fraction of sp³-hybridized carbons (Fsp3) is 0.615. The van der Waals surface area contributed by atoms with Crippen LogP contribution in [0.2, 0.25) is 0 Å². The van der Waals surface area contributed by atoms with Gasteiger partial charge in [-0.1, -0.05) is 12.8 Å². The zero-order valence-corrected chi connectivity index (χ0v) is 10.9. The highest BCUT2D eigenvalue weighted by Gasteiger charge is 2.22. The molecule has 1 saturated carbocycles. The van der Waals surface area contributed by atoms with Crippen LogP contribution >= 0.6 is 0 Å². The predicted octanol–water partition coefficient (Wildman–Crippen LogP) is 2.35. The third kappa shape index (κ3) is 1.94. The van der Waals surface area contributed by atoms with Gasteiger partial charge in [-0.3, -0.25) is 4.68 Å². The molecule has 1 N–H and O–H groups in total. The molecule has 2 aromatic heterocycles. The van der Waals surface area contributed by atoms with Crippen molar-refractivity contribution in [2.75, 3.05) is 5.32 Å². The summed E-state index contributed by atoms with van der Waals surface area (Å²) in [5, 5.41) is 8.78. The number of hydrogen-bond acceptors (Lipinski definition) is 4. The summed E-state index contributed by atoms with van der Waals surface area (Å²) in [6.07, 6.45) is 8.82. The first-order chi connectivity index (χ1) is 8.75. The van der Waals surface area contributed by atoms with E-state index in [4.69, 9.17) is 0 Å². The van der Waals surface area contributed by atoms with Gasteiger partial charge in [-0.25, -0.2) is 9.97 Å². The molecule has 0 bridgehead atoms. The Morgan fingerprint density at radius 3 is 2.89 bits per heavy atom. The number of rotatable bonds is 3. The highest BCUT2D eigenvalue weighted by Crippen LogP contribution is 2.29. The van der Waals surface area contributed by atoms with E-state index in [9.17, 15) is 0 Å². The number of aryl methyl sites for hydroxylation is 1. The van der Waals surface area contributed by atoms with Crippen LogP contribution in [0.15, 0.2) is 12.5 Å². The smallest absolute Gasteiger partial charge is 0.163 e. The summed E-state index contributed by atoms with van der Waals surface area (Å²) in [7, 11) is 1.90. The fourth-order valence-corrected chi connectivity index (χ4v) is 2.87. The van der Waals surface area contributed by atoms with Gasteiger partial charge < -0.3 is 5.32 Å². The van der Waals surface area contributed by atoms with Crippen LogP contribution in [-0.2, 0) is 7.05 Å². The molecular weight excluding hydrogens is 226 g/mol. The summed E-state index contributed by atoms with van der Waals surface area (Å²) in [4.78, 5) is 8.61. The highest BCUT2D eigenvalue weighted by atomic mass is 15.3. The lowest BCUT2D eigenvalue weighted by atomic mass is 10.00. The van der Waals surface area contributed by atoms with E-state index >= 15 is 0 Å². The van der Waals surface area contributed by atoms with Crippen LogP contribution < -0.4 is 5.32 Å². The molecule has 1 atom stereocenters. The number of nitrogens with zero attached hydrogens (tertiary/aromatic N) is 4.